The molecule has 0 bridgehead atoms. The number of hydrogen-bond acceptors (Lipinski definition) is 3. The number of hydrogen-bond donors (Lipinski definition) is 0. The van der Waals surface area contributed by atoms with Crippen LogP contribution < -0.4 is 0 Å². The average molecular weight is 324 g/mol. The molecule has 1 saturated carbocycles. The molecule has 0 unspecified atom stereocenters. The van der Waals surface area contributed by atoms with E-state index < -0.39 is 0 Å². The van der Waals surface area contributed by atoms with Crippen molar-refractivity contribution in [1.82, 2.24) is 9.80 Å². The van der Waals surface area contributed by atoms with Crippen LogP contribution in [0.2, 0.25) is 0 Å². The Labute approximate surface area is 143 Å². The molecule has 1 aliphatic carbocycles. The second-order valence-electron chi connectivity index (χ2n) is 9.12. The van der Waals surface area contributed by atoms with Crippen molar-refractivity contribution in [3.05, 3.63) is 0 Å². The minimum Gasteiger partial charge on any atom is -0.373 e. The topological polar surface area (TPSA) is 28.1 Å². The summed E-state index contributed by atoms with van der Waals surface area (Å²) in [6.45, 7) is 17.8. The molecule has 4 nitrogen and oxygen atoms in total. The van der Waals surface area contributed by atoms with Crippen LogP contribution in [-0.4, -0.2) is 65.6 Å². The van der Waals surface area contributed by atoms with E-state index in [0.717, 1.165) is 39.0 Å². The molecule has 1 saturated heterocycles. The lowest BCUT2D eigenvalue weighted by Crippen LogP contribution is -2.53. The van der Waals surface area contributed by atoms with Gasteiger partial charge < -0.3 is 9.64 Å². The molecular formula is C19H37N3O. The zero-order chi connectivity index (χ0) is 17.1. The van der Waals surface area contributed by atoms with Crippen molar-refractivity contribution in [1.29, 1.82) is 0 Å². The SMILES string of the molecule is CC(C)(C)OC1CCC(N=CN2CCN(C(C)(C)C)CC2)CC1. The number of nitrogens with zero attached hydrogens (tertiary/aromatic N) is 3. The van der Waals surface area contributed by atoms with Crippen LogP contribution in [0.15, 0.2) is 4.99 Å². The first-order valence-corrected chi connectivity index (χ1v) is 9.34. The minimum absolute atomic E-state index is 0.0203. The van der Waals surface area contributed by atoms with Gasteiger partial charge in [0, 0.05) is 31.7 Å². The molecule has 0 aromatic carbocycles. The van der Waals surface area contributed by atoms with Gasteiger partial charge in [-0.1, -0.05) is 0 Å². The molecule has 0 aromatic heterocycles. The fourth-order valence-electron chi connectivity index (χ4n) is 3.51. The number of rotatable bonds is 3. The van der Waals surface area contributed by atoms with Crippen molar-refractivity contribution in [3.63, 3.8) is 0 Å². The lowest BCUT2D eigenvalue weighted by Gasteiger charge is -2.41. The smallest absolute Gasteiger partial charge is 0.0854 e. The van der Waals surface area contributed by atoms with Gasteiger partial charge in [-0.15, -0.1) is 0 Å². The Morgan fingerprint density at radius 3 is 1.91 bits per heavy atom. The first-order valence-electron chi connectivity index (χ1n) is 9.34. The molecule has 0 N–H and O–H groups in total. The van der Waals surface area contributed by atoms with Crippen LogP contribution in [-0.2, 0) is 4.74 Å². The molecule has 1 aliphatic heterocycles. The normalized spacial score (nSPS) is 28.5. The third-order valence-corrected chi connectivity index (χ3v) is 4.87. The number of aliphatic imine (C=N–C) groups is 1. The Kier molecular flexibility index (Phi) is 6.12. The van der Waals surface area contributed by atoms with Crippen LogP contribution in [0.5, 0.6) is 0 Å². The summed E-state index contributed by atoms with van der Waals surface area (Å²) in [5, 5.41) is 0. The van der Waals surface area contributed by atoms with Gasteiger partial charge in [0.25, 0.3) is 0 Å². The molecule has 0 aromatic rings. The molecule has 2 aliphatic rings. The van der Waals surface area contributed by atoms with E-state index in [9.17, 15) is 0 Å². The van der Waals surface area contributed by atoms with Gasteiger partial charge in [0.1, 0.15) is 0 Å². The monoisotopic (exact) mass is 323 g/mol. The second-order valence-corrected chi connectivity index (χ2v) is 9.12. The van der Waals surface area contributed by atoms with Crippen LogP contribution in [0, 0.1) is 0 Å². The Bertz CT molecular complexity index is 378. The Balaban J connectivity index is 1.70. The van der Waals surface area contributed by atoms with Gasteiger partial charge >= 0.3 is 0 Å². The Morgan fingerprint density at radius 1 is 0.870 bits per heavy atom. The molecular weight excluding hydrogens is 286 g/mol. The highest BCUT2D eigenvalue weighted by molar-refractivity contribution is 5.55. The van der Waals surface area contributed by atoms with Gasteiger partial charge in [0.15, 0.2) is 0 Å². The Hall–Kier alpha value is -0.610. The van der Waals surface area contributed by atoms with Gasteiger partial charge in [0.05, 0.1) is 24.1 Å². The molecule has 0 atom stereocenters. The molecule has 2 fully saturated rings. The molecule has 23 heavy (non-hydrogen) atoms. The van der Waals surface area contributed by atoms with Crippen molar-refractivity contribution >= 4 is 6.34 Å². The fraction of sp³-hybridized carbons (Fsp3) is 0.947. The van der Waals surface area contributed by atoms with Crippen LogP contribution in [0.4, 0.5) is 0 Å². The summed E-state index contributed by atoms with van der Waals surface area (Å²) in [5.41, 5.74) is 0.266. The van der Waals surface area contributed by atoms with Crippen molar-refractivity contribution in [2.24, 2.45) is 4.99 Å². The van der Waals surface area contributed by atoms with Crippen LogP contribution in [0.3, 0.4) is 0 Å². The molecule has 0 radical (unpaired) electrons. The molecule has 1 heterocycles. The quantitative estimate of drug-likeness (QED) is 0.587. The van der Waals surface area contributed by atoms with Crippen LogP contribution in [0.1, 0.15) is 67.2 Å². The average Bonchev–Trinajstić information content (AvgIpc) is 2.44. The maximum atomic E-state index is 6.10. The van der Waals surface area contributed by atoms with Crippen molar-refractivity contribution in [2.75, 3.05) is 26.2 Å². The third kappa shape index (κ3) is 6.42. The largest absolute Gasteiger partial charge is 0.373 e. The summed E-state index contributed by atoms with van der Waals surface area (Å²) in [6.07, 6.45) is 7.18. The van der Waals surface area contributed by atoms with Crippen LogP contribution in [0.25, 0.3) is 0 Å². The first-order chi connectivity index (χ1) is 10.6. The summed E-state index contributed by atoms with van der Waals surface area (Å²) < 4.78 is 6.10. The maximum Gasteiger partial charge on any atom is 0.0854 e. The van der Waals surface area contributed by atoms with E-state index in [1.165, 1.54) is 12.8 Å². The molecule has 0 spiro atoms. The maximum absolute atomic E-state index is 6.10. The van der Waals surface area contributed by atoms with Crippen molar-refractivity contribution in [3.8, 4) is 0 Å². The van der Waals surface area contributed by atoms with E-state index in [2.05, 4.69) is 57.7 Å². The third-order valence-electron chi connectivity index (χ3n) is 4.87. The predicted octanol–water partition coefficient (Wildman–Crippen LogP) is 3.56. The number of ether oxygens (including phenoxy) is 1. The molecule has 134 valence electrons. The van der Waals surface area contributed by atoms with E-state index in [4.69, 9.17) is 9.73 Å². The van der Waals surface area contributed by atoms with Gasteiger partial charge in [-0.25, -0.2) is 0 Å². The second kappa shape index (κ2) is 7.52. The summed E-state index contributed by atoms with van der Waals surface area (Å²) in [5.74, 6) is 0. The lowest BCUT2D eigenvalue weighted by atomic mass is 9.93. The van der Waals surface area contributed by atoms with E-state index in [-0.39, 0.29) is 11.1 Å². The van der Waals surface area contributed by atoms with Gasteiger partial charge in [-0.2, -0.15) is 0 Å². The summed E-state index contributed by atoms with van der Waals surface area (Å²) in [4.78, 5) is 9.80. The van der Waals surface area contributed by atoms with E-state index in [0.29, 0.717) is 12.1 Å². The zero-order valence-corrected chi connectivity index (χ0v) is 16.1. The highest BCUT2D eigenvalue weighted by Crippen LogP contribution is 2.26. The summed E-state index contributed by atoms with van der Waals surface area (Å²) >= 11 is 0. The lowest BCUT2D eigenvalue weighted by molar-refractivity contribution is -0.0747. The summed E-state index contributed by atoms with van der Waals surface area (Å²) in [6, 6.07) is 0.496. The van der Waals surface area contributed by atoms with E-state index >= 15 is 0 Å². The van der Waals surface area contributed by atoms with Gasteiger partial charge in [-0.3, -0.25) is 9.89 Å². The van der Waals surface area contributed by atoms with E-state index in [1.54, 1.807) is 0 Å². The van der Waals surface area contributed by atoms with Crippen LogP contribution >= 0.6 is 0 Å². The molecule has 4 heteroatoms. The van der Waals surface area contributed by atoms with Crippen molar-refractivity contribution < 1.29 is 4.74 Å². The molecule has 2 rings (SSSR count). The van der Waals surface area contributed by atoms with Crippen molar-refractivity contribution in [2.45, 2.75) is 90.5 Å². The first kappa shape index (κ1) is 18.7. The zero-order valence-electron chi connectivity index (χ0n) is 16.1. The highest BCUT2D eigenvalue weighted by Gasteiger charge is 2.26. The van der Waals surface area contributed by atoms with Gasteiger partial charge in [-0.05, 0) is 67.2 Å². The highest BCUT2D eigenvalue weighted by atomic mass is 16.5. The number of piperazine rings is 1. The molecule has 0 amide bonds. The minimum atomic E-state index is -0.0203. The summed E-state index contributed by atoms with van der Waals surface area (Å²) in [7, 11) is 0. The fourth-order valence-corrected chi connectivity index (χ4v) is 3.51. The standard InChI is InChI=1S/C19H37N3O/c1-18(2,3)22-13-11-21(12-14-22)15-20-16-7-9-17(10-8-16)23-19(4,5)6/h15-17H,7-14H2,1-6H3. The van der Waals surface area contributed by atoms with E-state index in [1.807, 2.05) is 0 Å². The Morgan fingerprint density at radius 2 is 1.43 bits per heavy atom. The van der Waals surface area contributed by atoms with Gasteiger partial charge in [0.2, 0.25) is 0 Å². The predicted molar refractivity (Wildman–Crippen MR) is 98.3 cm³/mol.